The van der Waals surface area contributed by atoms with Crippen molar-refractivity contribution in [2.75, 3.05) is 13.1 Å². The Bertz CT molecular complexity index is 473. The number of hydrogen-bond donors (Lipinski definition) is 1. The fraction of sp³-hybridized carbons (Fsp3) is 0.588. The minimum Gasteiger partial charge on any atom is -0.334 e. The van der Waals surface area contributed by atoms with Crippen LogP contribution in [0.15, 0.2) is 24.3 Å². The third kappa shape index (κ3) is 2.88. The van der Waals surface area contributed by atoms with Gasteiger partial charge in [-0.2, -0.15) is 0 Å². The van der Waals surface area contributed by atoms with Crippen LogP contribution in [-0.2, 0) is 5.41 Å². The zero-order valence-electron chi connectivity index (χ0n) is 13.0. The van der Waals surface area contributed by atoms with Gasteiger partial charge in [-0.15, -0.1) is 0 Å². The van der Waals surface area contributed by atoms with E-state index in [9.17, 15) is 4.79 Å². The molecule has 1 amide bonds. The van der Waals surface area contributed by atoms with Crippen LogP contribution in [-0.4, -0.2) is 29.9 Å². The third-order valence-electron chi connectivity index (χ3n) is 4.38. The van der Waals surface area contributed by atoms with Crippen molar-refractivity contribution in [1.29, 1.82) is 0 Å². The molecule has 2 atom stereocenters. The number of carbonyl (C=O) groups is 1. The smallest absolute Gasteiger partial charge is 0.254 e. The number of benzene rings is 1. The average Bonchev–Trinajstić information content (AvgIpc) is 2.78. The molecule has 1 fully saturated rings. The van der Waals surface area contributed by atoms with Crippen molar-refractivity contribution in [1.82, 2.24) is 4.90 Å². The van der Waals surface area contributed by atoms with Gasteiger partial charge in [-0.1, -0.05) is 39.8 Å². The molecule has 0 saturated carbocycles. The van der Waals surface area contributed by atoms with Crippen LogP contribution in [0.4, 0.5) is 0 Å². The number of amides is 1. The zero-order valence-corrected chi connectivity index (χ0v) is 13.0. The predicted molar refractivity (Wildman–Crippen MR) is 82.8 cm³/mol. The molecular weight excluding hydrogens is 248 g/mol. The second kappa shape index (κ2) is 5.57. The maximum Gasteiger partial charge on any atom is 0.254 e. The molecule has 2 N–H and O–H groups in total. The van der Waals surface area contributed by atoms with Gasteiger partial charge in [0.15, 0.2) is 0 Å². The van der Waals surface area contributed by atoms with Crippen molar-refractivity contribution in [2.24, 2.45) is 11.7 Å². The molecule has 3 heteroatoms. The van der Waals surface area contributed by atoms with E-state index < -0.39 is 0 Å². The Labute approximate surface area is 122 Å². The molecule has 1 aromatic rings. The second-order valence-corrected chi connectivity index (χ2v) is 6.89. The van der Waals surface area contributed by atoms with Gasteiger partial charge < -0.3 is 10.6 Å². The van der Waals surface area contributed by atoms with Gasteiger partial charge in [0, 0.05) is 24.7 Å². The van der Waals surface area contributed by atoms with Crippen LogP contribution >= 0.6 is 0 Å². The molecule has 0 spiro atoms. The largest absolute Gasteiger partial charge is 0.334 e. The van der Waals surface area contributed by atoms with Gasteiger partial charge in [0.2, 0.25) is 0 Å². The summed E-state index contributed by atoms with van der Waals surface area (Å²) in [4.78, 5) is 14.5. The average molecular weight is 274 g/mol. The van der Waals surface area contributed by atoms with E-state index in [1.165, 1.54) is 5.56 Å². The summed E-state index contributed by atoms with van der Waals surface area (Å²) in [5.41, 5.74) is 7.95. The first-order valence-corrected chi connectivity index (χ1v) is 7.46. The summed E-state index contributed by atoms with van der Waals surface area (Å²) < 4.78 is 0. The van der Waals surface area contributed by atoms with Crippen molar-refractivity contribution in [3.05, 3.63) is 35.4 Å². The second-order valence-electron chi connectivity index (χ2n) is 6.89. The van der Waals surface area contributed by atoms with Crippen LogP contribution < -0.4 is 5.73 Å². The van der Waals surface area contributed by atoms with Crippen molar-refractivity contribution in [3.8, 4) is 0 Å². The third-order valence-corrected chi connectivity index (χ3v) is 4.38. The monoisotopic (exact) mass is 274 g/mol. The molecule has 1 saturated heterocycles. The summed E-state index contributed by atoms with van der Waals surface area (Å²) in [5.74, 6) is 0.614. The summed E-state index contributed by atoms with van der Waals surface area (Å²) in [6.07, 6.45) is 1.05. The van der Waals surface area contributed by atoms with E-state index in [2.05, 4.69) is 39.8 Å². The summed E-state index contributed by atoms with van der Waals surface area (Å²) in [5, 5.41) is 0. The lowest BCUT2D eigenvalue weighted by Crippen LogP contribution is -2.42. The lowest BCUT2D eigenvalue weighted by Gasteiger charge is -2.26. The number of nitrogens with zero attached hydrogens (tertiary/aromatic N) is 1. The topological polar surface area (TPSA) is 46.3 Å². The molecule has 3 nitrogen and oxygen atoms in total. The molecule has 0 aromatic heterocycles. The van der Waals surface area contributed by atoms with Crippen LogP contribution in [0.1, 0.15) is 50.0 Å². The molecule has 1 aromatic carbocycles. The molecule has 110 valence electrons. The van der Waals surface area contributed by atoms with E-state index in [-0.39, 0.29) is 17.4 Å². The maximum atomic E-state index is 12.6. The molecule has 2 rings (SSSR count). The Morgan fingerprint density at radius 2 is 1.90 bits per heavy atom. The van der Waals surface area contributed by atoms with Gasteiger partial charge in [0.05, 0.1) is 0 Å². The first-order chi connectivity index (χ1) is 9.34. The van der Waals surface area contributed by atoms with Gasteiger partial charge >= 0.3 is 0 Å². The zero-order chi connectivity index (χ0) is 14.9. The van der Waals surface area contributed by atoms with Gasteiger partial charge in [0.25, 0.3) is 5.91 Å². The number of nitrogens with two attached hydrogens (primary N) is 1. The van der Waals surface area contributed by atoms with E-state index in [4.69, 9.17) is 5.73 Å². The van der Waals surface area contributed by atoms with E-state index >= 15 is 0 Å². The minimum absolute atomic E-state index is 0.115. The highest BCUT2D eigenvalue weighted by Gasteiger charge is 2.33. The molecular formula is C17H26N2O. The fourth-order valence-corrected chi connectivity index (χ4v) is 2.90. The van der Waals surface area contributed by atoms with Crippen molar-refractivity contribution in [2.45, 2.75) is 45.6 Å². The number of hydrogen-bond acceptors (Lipinski definition) is 2. The summed E-state index contributed by atoms with van der Waals surface area (Å²) in [6, 6.07) is 8.19. The van der Waals surface area contributed by atoms with Gasteiger partial charge in [0.1, 0.15) is 0 Å². The van der Waals surface area contributed by atoms with Crippen LogP contribution in [0.5, 0.6) is 0 Å². The molecule has 20 heavy (non-hydrogen) atoms. The highest BCUT2D eigenvalue weighted by molar-refractivity contribution is 5.94. The Kier molecular flexibility index (Phi) is 4.19. The number of carbonyl (C=O) groups excluding carboxylic acids is 1. The van der Waals surface area contributed by atoms with Gasteiger partial charge in [-0.3, -0.25) is 4.79 Å². The van der Waals surface area contributed by atoms with E-state index in [0.29, 0.717) is 12.5 Å². The Hall–Kier alpha value is -1.35. The van der Waals surface area contributed by atoms with Crippen LogP contribution in [0, 0.1) is 5.92 Å². The van der Waals surface area contributed by atoms with E-state index in [0.717, 1.165) is 18.5 Å². The molecule has 1 aliphatic heterocycles. The van der Waals surface area contributed by atoms with Crippen molar-refractivity contribution in [3.63, 3.8) is 0 Å². The first-order valence-electron chi connectivity index (χ1n) is 7.46. The maximum absolute atomic E-state index is 12.6. The Morgan fingerprint density at radius 1 is 1.30 bits per heavy atom. The molecule has 1 aliphatic rings. The van der Waals surface area contributed by atoms with E-state index in [1.54, 1.807) is 0 Å². The fourth-order valence-electron chi connectivity index (χ4n) is 2.90. The van der Waals surface area contributed by atoms with Crippen LogP contribution in [0.3, 0.4) is 0 Å². The highest BCUT2D eigenvalue weighted by atomic mass is 16.2. The Morgan fingerprint density at radius 3 is 2.40 bits per heavy atom. The first kappa shape index (κ1) is 15.0. The standard InChI is InChI=1S/C17H26N2O/c1-12-9-10-19(15(12)11-18)16(20)13-5-7-14(8-6-13)17(2,3)4/h5-8,12,15H,9-11,18H2,1-4H3. The molecule has 0 radical (unpaired) electrons. The highest BCUT2D eigenvalue weighted by Crippen LogP contribution is 2.26. The van der Waals surface area contributed by atoms with Crippen molar-refractivity contribution >= 4 is 5.91 Å². The molecule has 1 heterocycles. The van der Waals surface area contributed by atoms with Crippen LogP contribution in [0.2, 0.25) is 0 Å². The minimum atomic E-state index is 0.115. The number of likely N-dealkylation sites (tertiary alicyclic amines) is 1. The molecule has 2 unspecified atom stereocenters. The molecule has 0 bridgehead atoms. The quantitative estimate of drug-likeness (QED) is 0.901. The normalized spacial score (nSPS) is 23.1. The number of rotatable bonds is 2. The van der Waals surface area contributed by atoms with Crippen molar-refractivity contribution < 1.29 is 4.79 Å². The van der Waals surface area contributed by atoms with Gasteiger partial charge in [-0.05, 0) is 35.4 Å². The SMILES string of the molecule is CC1CCN(C(=O)c2ccc(C(C)(C)C)cc2)C1CN. The summed E-state index contributed by atoms with van der Waals surface area (Å²) in [6.45, 7) is 10.1. The van der Waals surface area contributed by atoms with E-state index in [1.807, 2.05) is 17.0 Å². The molecule has 0 aliphatic carbocycles. The van der Waals surface area contributed by atoms with Crippen LogP contribution in [0.25, 0.3) is 0 Å². The van der Waals surface area contributed by atoms with Gasteiger partial charge in [-0.25, -0.2) is 0 Å². The lowest BCUT2D eigenvalue weighted by atomic mass is 9.86. The Balaban J connectivity index is 2.18. The lowest BCUT2D eigenvalue weighted by molar-refractivity contribution is 0.0727. The summed E-state index contributed by atoms with van der Waals surface area (Å²) >= 11 is 0. The summed E-state index contributed by atoms with van der Waals surface area (Å²) in [7, 11) is 0. The predicted octanol–water partition coefficient (Wildman–Crippen LogP) is 2.79.